The maximum absolute atomic E-state index is 12.1. The Balaban J connectivity index is 2.82. The van der Waals surface area contributed by atoms with E-state index >= 15 is 0 Å². The zero-order chi connectivity index (χ0) is 13.9. The van der Waals surface area contributed by atoms with E-state index in [4.69, 9.17) is 0 Å². The lowest BCUT2D eigenvalue weighted by Crippen LogP contribution is -2.55. The largest absolute Gasteiger partial charge is 0.481 e. The highest BCUT2D eigenvalue weighted by atomic mass is 16.4. The van der Waals surface area contributed by atoms with Crippen LogP contribution < -0.4 is 0 Å². The number of rotatable bonds is 5. The number of nitrogens with zero attached hydrogens (tertiary/aromatic N) is 1. The molecule has 4 atom stereocenters. The van der Waals surface area contributed by atoms with Crippen molar-refractivity contribution >= 4 is 11.9 Å². The average Bonchev–Trinajstić information content (AvgIpc) is 2.24. The molecule has 0 aliphatic carbocycles. The molecule has 0 aromatic heterocycles. The van der Waals surface area contributed by atoms with Crippen molar-refractivity contribution in [1.82, 2.24) is 4.90 Å². The van der Waals surface area contributed by atoms with Gasteiger partial charge in [0.05, 0.1) is 5.92 Å². The first kappa shape index (κ1) is 15.0. The lowest BCUT2D eigenvalue weighted by Gasteiger charge is -2.44. The second kappa shape index (κ2) is 6.21. The molecule has 0 aromatic rings. The second-order valence-corrected chi connectivity index (χ2v) is 5.58. The molecule has 1 aliphatic rings. The number of piperidine rings is 1. The average molecular weight is 255 g/mol. The zero-order valence-corrected chi connectivity index (χ0v) is 11.8. The fraction of sp³-hybridized carbons (Fsp3) is 0.857. The number of hydrogen-bond donors (Lipinski definition) is 1. The maximum atomic E-state index is 12.1. The lowest BCUT2D eigenvalue weighted by molar-refractivity contribution is -0.156. The van der Waals surface area contributed by atoms with Crippen LogP contribution in [0.3, 0.4) is 0 Å². The van der Waals surface area contributed by atoms with Crippen LogP contribution in [0.5, 0.6) is 0 Å². The molecular formula is C14H25NO3. The van der Waals surface area contributed by atoms with E-state index in [1.807, 2.05) is 20.8 Å². The minimum Gasteiger partial charge on any atom is -0.481 e. The van der Waals surface area contributed by atoms with Crippen LogP contribution in [0.2, 0.25) is 0 Å². The zero-order valence-electron chi connectivity index (χ0n) is 11.8. The van der Waals surface area contributed by atoms with Gasteiger partial charge in [-0.15, -0.1) is 0 Å². The Bertz CT molecular complexity index is 316. The van der Waals surface area contributed by atoms with Gasteiger partial charge in [0.15, 0.2) is 0 Å². The molecule has 1 fully saturated rings. The van der Waals surface area contributed by atoms with Crippen LogP contribution in [0.25, 0.3) is 0 Å². The Hall–Kier alpha value is -1.06. The van der Waals surface area contributed by atoms with E-state index in [0.29, 0.717) is 6.42 Å². The molecule has 1 aliphatic heterocycles. The number of unbranched alkanes of at least 4 members (excludes halogenated alkanes) is 1. The molecule has 0 spiro atoms. The first-order chi connectivity index (χ1) is 8.40. The van der Waals surface area contributed by atoms with E-state index < -0.39 is 11.9 Å². The standard InChI is InChI=1S/C14H25NO3/c1-5-6-7-10(3)15-11(4)13(14(17)18)9(2)8-12(15)16/h9-11,13H,5-8H2,1-4H3,(H,17,18). The normalized spacial score (nSPS) is 30.3. The number of amides is 1. The van der Waals surface area contributed by atoms with Crippen molar-refractivity contribution in [2.45, 2.75) is 65.5 Å². The summed E-state index contributed by atoms with van der Waals surface area (Å²) in [7, 11) is 0. The first-order valence-electron chi connectivity index (χ1n) is 6.94. The lowest BCUT2D eigenvalue weighted by atomic mass is 9.80. The molecule has 0 radical (unpaired) electrons. The predicted octanol–water partition coefficient (Wildman–Crippen LogP) is 2.52. The highest BCUT2D eigenvalue weighted by Gasteiger charge is 2.43. The van der Waals surface area contributed by atoms with E-state index in [1.165, 1.54) is 0 Å². The summed E-state index contributed by atoms with van der Waals surface area (Å²) in [6.45, 7) is 7.88. The third-order valence-corrected chi connectivity index (χ3v) is 4.09. The summed E-state index contributed by atoms with van der Waals surface area (Å²) in [5, 5.41) is 9.30. The van der Waals surface area contributed by atoms with Crippen LogP contribution in [-0.2, 0) is 9.59 Å². The van der Waals surface area contributed by atoms with Gasteiger partial charge in [0.1, 0.15) is 0 Å². The molecule has 18 heavy (non-hydrogen) atoms. The van der Waals surface area contributed by atoms with Crippen molar-refractivity contribution in [2.75, 3.05) is 0 Å². The molecule has 1 saturated heterocycles. The third-order valence-electron chi connectivity index (χ3n) is 4.09. The number of carbonyl (C=O) groups excluding carboxylic acids is 1. The summed E-state index contributed by atoms with van der Waals surface area (Å²) in [4.78, 5) is 25.2. The highest BCUT2D eigenvalue weighted by molar-refractivity contribution is 5.82. The second-order valence-electron chi connectivity index (χ2n) is 5.58. The molecule has 0 aromatic carbocycles. The smallest absolute Gasteiger partial charge is 0.308 e. The Morgan fingerprint density at radius 3 is 2.61 bits per heavy atom. The maximum Gasteiger partial charge on any atom is 0.308 e. The molecule has 1 heterocycles. The molecular weight excluding hydrogens is 230 g/mol. The summed E-state index contributed by atoms with van der Waals surface area (Å²) < 4.78 is 0. The number of carbonyl (C=O) groups is 2. The summed E-state index contributed by atoms with van der Waals surface area (Å²) in [5.74, 6) is -1.18. The van der Waals surface area contributed by atoms with Gasteiger partial charge in [-0.05, 0) is 26.2 Å². The fourth-order valence-corrected chi connectivity index (χ4v) is 3.12. The van der Waals surface area contributed by atoms with Gasteiger partial charge in [-0.1, -0.05) is 26.7 Å². The van der Waals surface area contributed by atoms with Gasteiger partial charge in [-0.3, -0.25) is 9.59 Å². The van der Waals surface area contributed by atoms with Crippen molar-refractivity contribution in [3.8, 4) is 0 Å². The number of hydrogen-bond acceptors (Lipinski definition) is 2. The number of likely N-dealkylation sites (tertiary alicyclic amines) is 1. The van der Waals surface area contributed by atoms with Gasteiger partial charge < -0.3 is 10.0 Å². The number of aliphatic carboxylic acids is 1. The summed E-state index contributed by atoms with van der Waals surface area (Å²) >= 11 is 0. The predicted molar refractivity (Wildman–Crippen MR) is 70.2 cm³/mol. The van der Waals surface area contributed by atoms with Crippen molar-refractivity contribution < 1.29 is 14.7 Å². The van der Waals surface area contributed by atoms with Crippen LogP contribution in [0.1, 0.15) is 53.4 Å². The van der Waals surface area contributed by atoms with E-state index in [1.54, 1.807) is 4.90 Å². The molecule has 104 valence electrons. The van der Waals surface area contributed by atoms with Crippen LogP contribution in [0.15, 0.2) is 0 Å². The minimum absolute atomic E-state index is 0.0698. The Labute approximate surface area is 109 Å². The van der Waals surface area contributed by atoms with Crippen LogP contribution in [0.4, 0.5) is 0 Å². The molecule has 1 amide bonds. The van der Waals surface area contributed by atoms with E-state index in [9.17, 15) is 14.7 Å². The topological polar surface area (TPSA) is 57.6 Å². The van der Waals surface area contributed by atoms with Gasteiger partial charge >= 0.3 is 5.97 Å². The SMILES string of the molecule is CCCCC(C)N1C(=O)CC(C)C(C(=O)O)C1C. The van der Waals surface area contributed by atoms with Gasteiger partial charge in [0.25, 0.3) is 0 Å². The molecule has 0 saturated carbocycles. The van der Waals surface area contributed by atoms with Crippen LogP contribution >= 0.6 is 0 Å². The quantitative estimate of drug-likeness (QED) is 0.821. The van der Waals surface area contributed by atoms with Crippen molar-refractivity contribution in [2.24, 2.45) is 11.8 Å². The molecule has 4 heteroatoms. The molecule has 1 rings (SSSR count). The monoisotopic (exact) mass is 255 g/mol. The minimum atomic E-state index is -0.782. The first-order valence-corrected chi connectivity index (χ1v) is 6.94. The van der Waals surface area contributed by atoms with E-state index in [2.05, 4.69) is 6.92 Å². The fourth-order valence-electron chi connectivity index (χ4n) is 3.12. The number of carboxylic acid groups (broad SMARTS) is 1. The third kappa shape index (κ3) is 3.03. The highest BCUT2D eigenvalue weighted by Crippen LogP contribution is 2.32. The molecule has 4 unspecified atom stereocenters. The van der Waals surface area contributed by atoms with Crippen molar-refractivity contribution in [3.05, 3.63) is 0 Å². The van der Waals surface area contributed by atoms with Gasteiger partial charge in [-0.2, -0.15) is 0 Å². The number of carboxylic acids is 1. The molecule has 1 N–H and O–H groups in total. The van der Waals surface area contributed by atoms with Gasteiger partial charge in [0, 0.05) is 18.5 Å². The molecule has 0 bridgehead atoms. The summed E-state index contributed by atoms with van der Waals surface area (Å²) in [6, 6.07) is -0.0626. The summed E-state index contributed by atoms with van der Waals surface area (Å²) in [5.41, 5.74) is 0. The summed E-state index contributed by atoms with van der Waals surface area (Å²) in [6.07, 6.45) is 3.48. The van der Waals surface area contributed by atoms with Crippen molar-refractivity contribution in [3.63, 3.8) is 0 Å². The van der Waals surface area contributed by atoms with Crippen LogP contribution in [0, 0.1) is 11.8 Å². The Kier molecular flexibility index (Phi) is 5.17. The van der Waals surface area contributed by atoms with E-state index in [-0.39, 0.29) is 23.9 Å². The van der Waals surface area contributed by atoms with Crippen LogP contribution in [-0.4, -0.2) is 34.0 Å². The van der Waals surface area contributed by atoms with Gasteiger partial charge in [0.2, 0.25) is 5.91 Å². The molecule has 4 nitrogen and oxygen atoms in total. The van der Waals surface area contributed by atoms with E-state index in [0.717, 1.165) is 19.3 Å². The Morgan fingerprint density at radius 2 is 2.11 bits per heavy atom. The van der Waals surface area contributed by atoms with Crippen molar-refractivity contribution in [1.29, 1.82) is 0 Å². The Morgan fingerprint density at radius 1 is 1.50 bits per heavy atom. The van der Waals surface area contributed by atoms with Gasteiger partial charge in [-0.25, -0.2) is 0 Å².